The summed E-state index contributed by atoms with van der Waals surface area (Å²) in [6.07, 6.45) is 0.756. The third kappa shape index (κ3) is 3.75. The predicted octanol–water partition coefficient (Wildman–Crippen LogP) is 3.11. The fraction of sp³-hybridized carbons (Fsp3) is 0.333. The van der Waals surface area contributed by atoms with Crippen molar-refractivity contribution in [2.24, 2.45) is 5.92 Å². The average molecular weight is 398 g/mol. The van der Waals surface area contributed by atoms with Gasteiger partial charge in [0.1, 0.15) is 11.5 Å². The Kier molecular flexibility index (Phi) is 5.34. The molecule has 0 saturated carbocycles. The molecular weight excluding hydrogens is 374 g/mol. The summed E-state index contributed by atoms with van der Waals surface area (Å²) in [7, 11) is 3.32. The Bertz CT molecular complexity index is 982. The van der Waals surface area contributed by atoms with Crippen LogP contribution in [0.2, 0.25) is 0 Å². The predicted molar refractivity (Wildman–Crippen MR) is 112 cm³/mol. The summed E-state index contributed by atoms with van der Waals surface area (Å²) in [5.41, 5.74) is 2.04. The van der Waals surface area contributed by atoms with Crippen molar-refractivity contribution in [1.29, 1.82) is 0 Å². The van der Waals surface area contributed by atoms with Crippen LogP contribution >= 0.6 is 11.3 Å². The van der Waals surface area contributed by atoms with E-state index in [1.807, 2.05) is 42.5 Å². The number of amides is 1. The maximum atomic E-state index is 12.4. The second-order valence-corrected chi connectivity index (χ2v) is 7.79. The van der Waals surface area contributed by atoms with E-state index in [-0.39, 0.29) is 11.8 Å². The number of para-hydroxylation sites is 1. The van der Waals surface area contributed by atoms with E-state index in [2.05, 4.69) is 15.2 Å². The van der Waals surface area contributed by atoms with Gasteiger partial charge in [0.05, 0.1) is 30.4 Å². The van der Waals surface area contributed by atoms with Crippen molar-refractivity contribution < 1.29 is 14.3 Å². The fourth-order valence-electron chi connectivity index (χ4n) is 3.33. The lowest BCUT2D eigenvalue weighted by atomic mass is 10.00. The van der Waals surface area contributed by atoms with E-state index in [0.717, 1.165) is 38.8 Å². The van der Waals surface area contributed by atoms with Gasteiger partial charge in [0, 0.05) is 25.7 Å². The second kappa shape index (κ2) is 8.06. The average Bonchev–Trinajstić information content (AvgIpc) is 3.09. The topological polar surface area (TPSA) is 63.7 Å². The molecule has 1 saturated heterocycles. The molecule has 146 valence electrons. The SMILES string of the molecule is COc1ccc2sc(N3CC(C(=O)NCCc4ccccc4OC)C3)nc2c1. The summed E-state index contributed by atoms with van der Waals surface area (Å²) < 4.78 is 11.7. The van der Waals surface area contributed by atoms with Crippen molar-refractivity contribution in [3.8, 4) is 11.5 Å². The summed E-state index contributed by atoms with van der Waals surface area (Å²) in [6.45, 7) is 2.02. The smallest absolute Gasteiger partial charge is 0.226 e. The standard InChI is InChI=1S/C21H23N3O3S/c1-26-16-7-8-19-17(11-16)23-21(28-19)24-12-15(13-24)20(25)22-10-9-14-5-3-4-6-18(14)27-2/h3-8,11,15H,9-10,12-13H2,1-2H3,(H,22,25). The third-order valence-electron chi connectivity index (χ3n) is 4.99. The van der Waals surface area contributed by atoms with Crippen molar-refractivity contribution in [1.82, 2.24) is 10.3 Å². The first-order valence-corrected chi connectivity index (χ1v) is 10.1. The Morgan fingerprint density at radius 1 is 1.21 bits per heavy atom. The number of ether oxygens (including phenoxy) is 2. The minimum atomic E-state index is 0.0132. The van der Waals surface area contributed by atoms with Crippen molar-refractivity contribution in [3.63, 3.8) is 0 Å². The van der Waals surface area contributed by atoms with E-state index in [4.69, 9.17) is 9.47 Å². The van der Waals surface area contributed by atoms with Crippen LogP contribution in [0.1, 0.15) is 5.56 Å². The van der Waals surface area contributed by atoms with E-state index in [1.165, 1.54) is 0 Å². The Morgan fingerprint density at radius 2 is 2.04 bits per heavy atom. The number of methoxy groups -OCH3 is 2. The number of hydrogen-bond acceptors (Lipinski definition) is 6. The van der Waals surface area contributed by atoms with Gasteiger partial charge in [0.15, 0.2) is 5.13 Å². The number of fused-ring (bicyclic) bond motifs is 1. The number of benzene rings is 2. The highest BCUT2D eigenvalue weighted by atomic mass is 32.1. The summed E-state index contributed by atoms with van der Waals surface area (Å²) in [5, 5.41) is 4.00. The number of hydrogen-bond donors (Lipinski definition) is 1. The minimum Gasteiger partial charge on any atom is -0.497 e. The van der Waals surface area contributed by atoms with Crippen molar-refractivity contribution in [2.45, 2.75) is 6.42 Å². The second-order valence-electron chi connectivity index (χ2n) is 6.78. The van der Waals surface area contributed by atoms with E-state index >= 15 is 0 Å². The van der Waals surface area contributed by atoms with Crippen LogP contribution in [0.3, 0.4) is 0 Å². The molecule has 3 aromatic rings. The number of aromatic nitrogens is 1. The van der Waals surface area contributed by atoms with Gasteiger partial charge < -0.3 is 19.7 Å². The van der Waals surface area contributed by atoms with Gasteiger partial charge in [0.25, 0.3) is 0 Å². The Hall–Kier alpha value is -2.80. The molecule has 0 atom stereocenters. The number of rotatable bonds is 7. The number of nitrogens with one attached hydrogen (secondary N) is 1. The Labute approximate surface area is 168 Å². The van der Waals surface area contributed by atoms with E-state index in [1.54, 1.807) is 25.6 Å². The van der Waals surface area contributed by atoms with Gasteiger partial charge in [-0.25, -0.2) is 4.98 Å². The minimum absolute atomic E-state index is 0.0132. The first-order valence-electron chi connectivity index (χ1n) is 9.27. The number of nitrogens with zero attached hydrogens (tertiary/aromatic N) is 2. The lowest BCUT2D eigenvalue weighted by molar-refractivity contribution is -0.125. The number of carbonyl (C=O) groups excluding carboxylic acids is 1. The lowest BCUT2D eigenvalue weighted by Crippen LogP contribution is -2.54. The van der Waals surface area contributed by atoms with Gasteiger partial charge in [-0.2, -0.15) is 0 Å². The molecule has 6 nitrogen and oxygen atoms in total. The molecule has 1 fully saturated rings. The molecule has 0 unspecified atom stereocenters. The molecule has 2 aromatic carbocycles. The van der Waals surface area contributed by atoms with Gasteiger partial charge >= 0.3 is 0 Å². The van der Waals surface area contributed by atoms with E-state index < -0.39 is 0 Å². The van der Waals surface area contributed by atoms with Crippen LogP contribution in [0.4, 0.5) is 5.13 Å². The summed E-state index contributed by atoms with van der Waals surface area (Å²) in [6, 6.07) is 13.8. The molecule has 1 aliphatic heterocycles. The maximum absolute atomic E-state index is 12.4. The Morgan fingerprint density at radius 3 is 2.82 bits per heavy atom. The molecule has 1 aliphatic rings. The van der Waals surface area contributed by atoms with E-state index in [0.29, 0.717) is 19.6 Å². The number of anilines is 1. The highest BCUT2D eigenvalue weighted by molar-refractivity contribution is 7.22. The first-order chi connectivity index (χ1) is 13.7. The van der Waals surface area contributed by atoms with Crippen LogP contribution in [-0.4, -0.2) is 44.7 Å². The van der Waals surface area contributed by atoms with Crippen LogP contribution in [0, 0.1) is 5.92 Å². The van der Waals surface area contributed by atoms with Crippen molar-refractivity contribution >= 4 is 32.6 Å². The van der Waals surface area contributed by atoms with Crippen LogP contribution in [0.25, 0.3) is 10.2 Å². The molecule has 0 aliphatic carbocycles. The molecule has 4 rings (SSSR count). The molecule has 1 aromatic heterocycles. The molecule has 0 spiro atoms. The van der Waals surface area contributed by atoms with Gasteiger partial charge in [-0.15, -0.1) is 0 Å². The zero-order valence-corrected chi connectivity index (χ0v) is 16.8. The molecular formula is C21H23N3O3S. The maximum Gasteiger partial charge on any atom is 0.226 e. The van der Waals surface area contributed by atoms with Crippen molar-refractivity contribution in [3.05, 3.63) is 48.0 Å². The van der Waals surface area contributed by atoms with Crippen LogP contribution in [0.15, 0.2) is 42.5 Å². The molecule has 1 N–H and O–H groups in total. The van der Waals surface area contributed by atoms with Crippen LogP contribution < -0.4 is 19.7 Å². The molecule has 0 radical (unpaired) electrons. The van der Waals surface area contributed by atoms with Gasteiger partial charge in [0.2, 0.25) is 5.91 Å². The van der Waals surface area contributed by atoms with Crippen LogP contribution in [0.5, 0.6) is 11.5 Å². The molecule has 7 heteroatoms. The molecule has 1 amide bonds. The largest absolute Gasteiger partial charge is 0.497 e. The van der Waals surface area contributed by atoms with Crippen LogP contribution in [-0.2, 0) is 11.2 Å². The quantitative estimate of drug-likeness (QED) is 0.664. The monoisotopic (exact) mass is 397 g/mol. The lowest BCUT2D eigenvalue weighted by Gasteiger charge is -2.37. The highest BCUT2D eigenvalue weighted by Gasteiger charge is 2.34. The number of carbonyl (C=O) groups is 1. The van der Waals surface area contributed by atoms with Gasteiger partial charge in [-0.1, -0.05) is 29.5 Å². The molecule has 28 heavy (non-hydrogen) atoms. The highest BCUT2D eigenvalue weighted by Crippen LogP contribution is 2.34. The third-order valence-corrected chi connectivity index (χ3v) is 6.09. The normalized spacial score (nSPS) is 14.0. The van der Waals surface area contributed by atoms with Crippen molar-refractivity contribution in [2.75, 3.05) is 38.8 Å². The fourth-order valence-corrected chi connectivity index (χ4v) is 4.30. The zero-order chi connectivity index (χ0) is 19.5. The first kappa shape index (κ1) is 18.6. The number of thiazole rings is 1. The molecule has 2 heterocycles. The zero-order valence-electron chi connectivity index (χ0n) is 16.0. The molecule has 0 bridgehead atoms. The van der Waals surface area contributed by atoms with E-state index in [9.17, 15) is 4.79 Å². The summed E-state index contributed by atoms with van der Waals surface area (Å²) in [5.74, 6) is 1.78. The summed E-state index contributed by atoms with van der Waals surface area (Å²) >= 11 is 1.65. The summed E-state index contributed by atoms with van der Waals surface area (Å²) in [4.78, 5) is 19.2. The Balaban J connectivity index is 1.28. The van der Waals surface area contributed by atoms with Gasteiger partial charge in [-0.05, 0) is 30.2 Å². The van der Waals surface area contributed by atoms with Gasteiger partial charge in [-0.3, -0.25) is 4.79 Å².